The van der Waals surface area contributed by atoms with Gasteiger partial charge in [-0.05, 0) is 44.0 Å². The zero-order chi connectivity index (χ0) is 14.5. The van der Waals surface area contributed by atoms with Gasteiger partial charge in [0.1, 0.15) is 6.61 Å². The Kier molecular flexibility index (Phi) is 4.78. The number of carbonyl (C=O) groups excluding carboxylic acids is 1. The van der Waals surface area contributed by atoms with Crippen LogP contribution in [0.15, 0.2) is 18.2 Å². The lowest BCUT2D eigenvalue weighted by Crippen LogP contribution is -2.39. The molecule has 1 aromatic carbocycles. The van der Waals surface area contributed by atoms with E-state index in [1.807, 2.05) is 26.0 Å². The standard InChI is InChI=1S/C16H19NO3/c1-11-10-14(6-5-13(11)4-3-8-18)16(19)17-15-7-9-20-12(15)2/h5-6,10,12,15,18H,7-9H2,1-2H3,(H,17,19). The number of benzene rings is 1. The highest BCUT2D eigenvalue weighted by Crippen LogP contribution is 2.15. The Morgan fingerprint density at radius 1 is 1.55 bits per heavy atom. The van der Waals surface area contributed by atoms with Crippen LogP contribution in [0.2, 0.25) is 0 Å². The summed E-state index contributed by atoms with van der Waals surface area (Å²) in [6.07, 6.45) is 0.918. The van der Waals surface area contributed by atoms with E-state index >= 15 is 0 Å². The van der Waals surface area contributed by atoms with Crippen molar-refractivity contribution in [3.05, 3.63) is 34.9 Å². The molecule has 0 aliphatic carbocycles. The number of aryl methyl sites for hydroxylation is 1. The Morgan fingerprint density at radius 2 is 2.35 bits per heavy atom. The Bertz CT molecular complexity index is 557. The van der Waals surface area contributed by atoms with Crippen molar-refractivity contribution in [2.24, 2.45) is 0 Å². The molecule has 1 amide bonds. The van der Waals surface area contributed by atoms with Gasteiger partial charge >= 0.3 is 0 Å². The maximum atomic E-state index is 12.2. The topological polar surface area (TPSA) is 58.6 Å². The van der Waals surface area contributed by atoms with E-state index in [4.69, 9.17) is 9.84 Å². The van der Waals surface area contributed by atoms with Gasteiger partial charge in [-0.1, -0.05) is 11.8 Å². The summed E-state index contributed by atoms with van der Waals surface area (Å²) in [7, 11) is 0. The van der Waals surface area contributed by atoms with Crippen molar-refractivity contribution in [3.8, 4) is 11.8 Å². The second-order valence-electron chi connectivity index (χ2n) is 4.93. The van der Waals surface area contributed by atoms with Gasteiger partial charge in [-0.3, -0.25) is 4.79 Å². The number of ether oxygens (including phenoxy) is 1. The summed E-state index contributed by atoms with van der Waals surface area (Å²) < 4.78 is 5.43. The molecule has 4 nitrogen and oxygen atoms in total. The summed E-state index contributed by atoms with van der Waals surface area (Å²) in [5.74, 6) is 5.38. The fourth-order valence-corrected chi connectivity index (χ4v) is 2.25. The number of carbonyl (C=O) groups is 1. The van der Waals surface area contributed by atoms with Gasteiger partial charge < -0.3 is 15.2 Å². The van der Waals surface area contributed by atoms with E-state index in [-0.39, 0.29) is 24.7 Å². The van der Waals surface area contributed by atoms with Crippen LogP contribution in [-0.2, 0) is 4.74 Å². The van der Waals surface area contributed by atoms with Crippen LogP contribution in [0.25, 0.3) is 0 Å². The number of rotatable bonds is 2. The predicted octanol–water partition coefficient (Wildman–Crippen LogP) is 1.25. The highest BCUT2D eigenvalue weighted by Gasteiger charge is 2.25. The number of hydrogen-bond acceptors (Lipinski definition) is 3. The molecule has 0 spiro atoms. The van der Waals surface area contributed by atoms with E-state index in [9.17, 15) is 4.79 Å². The van der Waals surface area contributed by atoms with Crippen LogP contribution in [0.1, 0.15) is 34.8 Å². The van der Waals surface area contributed by atoms with Crippen LogP contribution in [-0.4, -0.2) is 36.4 Å². The molecule has 2 rings (SSSR count). The Labute approximate surface area is 119 Å². The monoisotopic (exact) mass is 273 g/mol. The third-order valence-electron chi connectivity index (χ3n) is 3.48. The maximum absolute atomic E-state index is 12.2. The van der Waals surface area contributed by atoms with Crippen LogP contribution in [0.3, 0.4) is 0 Å². The average molecular weight is 273 g/mol. The second-order valence-corrected chi connectivity index (χ2v) is 4.93. The molecule has 0 saturated carbocycles. The molecule has 2 atom stereocenters. The van der Waals surface area contributed by atoms with Crippen molar-refractivity contribution in [1.29, 1.82) is 0 Å². The van der Waals surface area contributed by atoms with Gasteiger partial charge in [0.05, 0.1) is 12.1 Å². The van der Waals surface area contributed by atoms with Gasteiger partial charge in [0, 0.05) is 17.7 Å². The molecule has 2 N–H and O–H groups in total. The van der Waals surface area contributed by atoms with Crippen molar-refractivity contribution in [1.82, 2.24) is 5.32 Å². The number of aliphatic hydroxyl groups is 1. The highest BCUT2D eigenvalue weighted by molar-refractivity contribution is 5.94. The van der Waals surface area contributed by atoms with Crippen molar-refractivity contribution < 1.29 is 14.6 Å². The maximum Gasteiger partial charge on any atom is 0.251 e. The third kappa shape index (κ3) is 3.38. The van der Waals surface area contributed by atoms with Crippen molar-refractivity contribution in [2.75, 3.05) is 13.2 Å². The zero-order valence-corrected chi connectivity index (χ0v) is 11.8. The van der Waals surface area contributed by atoms with Crippen LogP contribution in [0.4, 0.5) is 0 Å². The normalized spacial score (nSPS) is 21.1. The van der Waals surface area contributed by atoms with Crippen LogP contribution >= 0.6 is 0 Å². The van der Waals surface area contributed by atoms with Gasteiger partial charge in [0.2, 0.25) is 0 Å². The molecule has 0 bridgehead atoms. The summed E-state index contributed by atoms with van der Waals surface area (Å²) >= 11 is 0. The van der Waals surface area contributed by atoms with E-state index in [1.165, 1.54) is 0 Å². The second kappa shape index (κ2) is 6.56. The quantitative estimate of drug-likeness (QED) is 0.797. The van der Waals surface area contributed by atoms with Crippen LogP contribution in [0.5, 0.6) is 0 Å². The molecule has 106 valence electrons. The molecule has 1 aromatic rings. The van der Waals surface area contributed by atoms with Crippen molar-refractivity contribution in [3.63, 3.8) is 0 Å². The first-order valence-corrected chi connectivity index (χ1v) is 6.74. The largest absolute Gasteiger partial charge is 0.384 e. The molecule has 0 aromatic heterocycles. The lowest BCUT2D eigenvalue weighted by molar-refractivity contribution is 0.0866. The molecule has 4 heteroatoms. The van der Waals surface area contributed by atoms with Crippen molar-refractivity contribution >= 4 is 5.91 Å². The molecule has 1 saturated heterocycles. The first kappa shape index (κ1) is 14.6. The fraction of sp³-hybridized carbons (Fsp3) is 0.438. The SMILES string of the molecule is Cc1cc(C(=O)NC2CCOC2C)ccc1C#CCO. The van der Waals surface area contributed by atoms with Crippen LogP contribution in [0, 0.1) is 18.8 Å². The molecule has 1 fully saturated rings. The molecule has 1 heterocycles. The molecule has 1 aliphatic rings. The number of aliphatic hydroxyl groups excluding tert-OH is 1. The van der Waals surface area contributed by atoms with E-state index in [1.54, 1.807) is 6.07 Å². The summed E-state index contributed by atoms with van der Waals surface area (Å²) in [6, 6.07) is 5.46. The molecule has 1 aliphatic heterocycles. The molecule has 20 heavy (non-hydrogen) atoms. The Balaban J connectivity index is 2.09. The summed E-state index contributed by atoms with van der Waals surface area (Å²) in [6.45, 7) is 4.40. The van der Waals surface area contributed by atoms with Gasteiger partial charge in [0.25, 0.3) is 5.91 Å². The number of hydrogen-bond donors (Lipinski definition) is 2. The van der Waals surface area contributed by atoms with E-state index < -0.39 is 0 Å². The van der Waals surface area contributed by atoms with Gasteiger partial charge in [-0.15, -0.1) is 0 Å². The van der Waals surface area contributed by atoms with Gasteiger partial charge in [-0.2, -0.15) is 0 Å². The predicted molar refractivity (Wildman–Crippen MR) is 76.4 cm³/mol. The fourth-order valence-electron chi connectivity index (χ4n) is 2.25. The smallest absolute Gasteiger partial charge is 0.251 e. The number of amides is 1. The Morgan fingerprint density at radius 3 is 2.95 bits per heavy atom. The van der Waals surface area contributed by atoms with E-state index in [0.29, 0.717) is 12.2 Å². The lowest BCUT2D eigenvalue weighted by atomic mass is 10.0. The third-order valence-corrected chi connectivity index (χ3v) is 3.48. The number of nitrogens with one attached hydrogen (secondary N) is 1. The molecular weight excluding hydrogens is 254 g/mol. The van der Waals surface area contributed by atoms with Crippen LogP contribution < -0.4 is 5.32 Å². The minimum Gasteiger partial charge on any atom is -0.384 e. The van der Waals surface area contributed by atoms with Crippen molar-refractivity contribution in [2.45, 2.75) is 32.4 Å². The van der Waals surface area contributed by atoms with Gasteiger partial charge in [0.15, 0.2) is 0 Å². The lowest BCUT2D eigenvalue weighted by Gasteiger charge is -2.16. The minimum atomic E-state index is -0.165. The Hall–Kier alpha value is -1.83. The van der Waals surface area contributed by atoms with Gasteiger partial charge in [-0.25, -0.2) is 0 Å². The summed E-state index contributed by atoms with van der Waals surface area (Å²) in [5, 5.41) is 11.7. The van der Waals surface area contributed by atoms with E-state index in [2.05, 4.69) is 17.2 Å². The highest BCUT2D eigenvalue weighted by atomic mass is 16.5. The minimum absolute atomic E-state index is 0.0646. The average Bonchev–Trinajstić information content (AvgIpc) is 2.83. The first-order chi connectivity index (χ1) is 9.61. The summed E-state index contributed by atoms with van der Waals surface area (Å²) in [4.78, 5) is 12.2. The zero-order valence-electron chi connectivity index (χ0n) is 11.8. The molecular formula is C16H19NO3. The molecule has 2 unspecified atom stereocenters. The molecule has 0 radical (unpaired) electrons. The summed E-state index contributed by atoms with van der Waals surface area (Å²) in [5.41, 5.74) is 2.37. The first-order valence-electron chi connectivity index (χ1n) is 6.74. The van der Waals surface area contributed by atoms with E-state index in [0.717, 1.165) is 17.5 Å².